The van der Waals surface area contributed by atoms with Crippen molar-refractivity contribution in [3.63, 3.8) is 0 Å². The highest BCUT2D eigenvalue weighted by Gasteiger charge is 2.30. The van der Waals surface area contributed by atoms with Crippen LogP contribution in [0.2, 0.25) is 0 Å². The van der Waals surface area contributed by atoms with Gasteiger partial charge in [-0.25, -0.2) is 0 Å². The van der Waals surface area contributed by atoms with Crippen molar-refractivity contribution in [3.8, 4) is 5.75 Å². The monoisotopic (exact) mass is 373 g/mol. The molecular weight excluding hydrogens is 346 g/mol. The molecule has 1 atom stereocenters. The molecule has 0 spiro atoms. The number of ether oxygens (including phenoxy) is 1. The maximum Gasteiger partial charge on any atom is 0.267 e. The zero-order valence-electron chi connectivity index (χ0n) is 16.2. The third-order valence-corrected chi connectivity index (χ3v) is 5.21. The highest BCUT2D eigenvalue weighted by molar-refractivity contribution is 6.02. The topological polar surface area (TPSA) is 70.2 Å². The molecule has 146 valence electrons. The summed E-state index contributed by atoms with van der Waals surface area (Å²) < 4.78 is 5.61. The number of carbonyl (C=O) groups is 3. The first-order chi connectivity index (χ1) is 12.9. The van der Waals surface area contributed by atoms with Crippen molar-refractivity contribution in [1.29, 1.82) is 0 Å². The largest absolute Gasteiger partial charge is 0.479 e. The van der Waals surface area contributed by atoms with Crippen LogP contribution in [0, 0.1) is 0 Å². The van der Waals surface area contributed by atoms with Crippen LogP contribution in [0.4, 0.5) is 5.69 Å². The number of rotatable bonds is 4. The molecule has 1 unspecified atom stereocenters. The Kier molecular flexibility index (Phi) is 5.68. The molecule has 0 aromatic heterocycles. The maximum absolute atomic E-state index is 12.9. The number of likely N-dealkylation sites (N-methyl/N-ethyl adjacent to an activating group) is 1. The van der Waals surface area contributed by atoms with E-state index in [9.17, 15) is 14.4 Å². The fraction of sp³-hybridized carbons (Fsp3) is 0.550. The second kappa shape index (κ2) is 7.98. The molecule has 1 saturated heterocycles. The van der Waals surface area contributed by atoms with Crippen molar-refractivity contribution >= 4 is 23.4 Å². The van der Waals surface area contributed by atoms with Crippen LogP contribution in [0.25, 0.3) is 0 Å². The fourth-order valence-corrected chi connectivity index (χ4v) is 3.47. The highest BCUT2D eigenvalue weighted by Crippen LogP contribution is 2.34. The number of carbonyl (C=O) groups excluding carboxylic acids is 3. The number of hydrogen-bond donors (Lipinski definition) is 0. The summed E-state index contributed by atoms with van der Waals surface area (Å²) in [4.78, 5) is 42.2. The summed E-state index contributed by atoms with van der Waals surface area (Å²) in [6, 6.07) is 5.18. The Hall–Kier alpha value is -2.57. The van der Waals surface area contributed by atoms with Gasteiger partial charge >= 0.3 is 0 Å². The number of unbranched alkanes of at least 4 members (excludes halogenated alkanes) is 1. The van der Waals surface area contributed by atoms with Gasteiger partial charge in [0.1, 0.15) is 5.75 Å². The van der Waals surface area contributed by atoms with Crippen LogP contribution < -0.4 is 9.64 Å². The van der Waals surface area contributed by atoms with Gasteiger partial charge in [-0.2, -0.15) is 0 Å². The second-order valence-electron chi connectivity index (χ2n) is 7.12. The van der Waals surface area contributed by atoms with Crippen LogP contribution in [0.1, 0.15) is 43.5 Å². The number of piperazine rings is 1. The Morgan fingerprint density at radius 3 is 2.48 bits per heavy atom. The number of fused-ring (bicyclic) bond motifs is 1. The van der Waals surface area contributed by atoms with Crippen molar-refractivity contribution in [1.82, 2.24) is 9.80 Å². The van der Waals surface area contributed by atoms with Gasteiger partial charge < -0.3 is 19.4 Å². The third kappa shape index (κ3) is 3.91. The molecule has 0 N–H and O–H groups in total. The Morgan fingerprint density at radius 2 is 1.81 bits per heavy atom. The van der Waals surface area contributed by atoms with E-state index in [1.165, 1.54) is 4.90 Å². The number of anilines is 1. The molecule has 3 rings (SSSR count). The smallest absolute Gasteiger partial charge is 0.267 e. The first-order valence-corrected chi connectivity index (χ1v) is 9.57. The van der Waals surface area contributed by atoms with Crippen LogP contribution in [0.15, 0.2) is 18.2 Å². The van der Waals surface area contributed by atoms with E-state index < -0.39 is 6.10 Å². The lowest BCUT2D eigenvalue weighted by atomic mass is 10.1. The number of benzene rings is 1. The van der Waals surface area contributed by atoms with E-state index in [1.54, 1.807) is 37.1 Å². The van der Waals surface area contributed by atoms with Crippen LogP contribution in [-0.2, 0) is 9.59 Å². The summed E-state index contributed by atoms with van der Waals surface area (Å²) in [7, 11) is 1.69. The number of nitrogens with zero attached hydrogens (tertiary/aromatic N) is 3. The first-order valence-electron chi connectivity index (χ1n) is 9.57. The quantitative estimate of drug-likeness (QED) is 0.808. The molecule has 7 nitrogen and oxygen atoms in total. The van der Waals surface area contributed by atoms with Gasteiger partial charge in [-0.3, -0.25) is 14.4 Å². The van der Waals surface area contributed by atoms with Crippen molar-refractivity contribution in [3.05, 3.63) is 23.8 Å². The Bertz CT molecular complexity index is 741. The molecule has 0 radical (unpaired) electrons. The molecule has 3 amide bonds. The van der Waals surface area contributed by atoms with Crippen molar-refractivity contribution in [2.75, 3.05) is 38.1 Å². The summed E-state index contributed by atoms with van der Waals surface area (Å²) in [5, 5.41) is 0. The van der Waals surface area contributed by atoms with E-state index in [1.807, 2.05) is 4.90 Å². The molecule has 2 aliphatic heterocycles. The molecule has 2 aliphatic rings. The van der Waals surface area contributed by atoms with Gasteiger partial charge in [0.25, 0.3) is 11.8 Å². The van der Waals surface area contributed by atoms with Crippen LogP contribution in [0.3, 0.4) is 0 Å². The van der Waals surface area contributed by atoms with Crippen molar-refractivity contribution in [2.24, 2.45) is 0 Å². The number of amides is 3. The lowest BCUT2D eigenvalue weighted by Gasteiger charge is -2.35. The summed E-state index contributed by atoms with van der Waals surface area (Å²) in [5.41, 5.74) is 1.13. The molecule has 0 saturated carbocycles. The summed E-state index contributed by atoms with van der Waals surface area (Å²) >= 11 is 0. The SMILES string of the molecule is CCCCC(=O)N1CCN(C(=O)c2ccc3c(c2)N(C)C(=O)C(C)O3)CC1. The molecule has 27 heavy (non-hydrogen) atoms. The summed E-state index contributed by atoms with van der Waals surface area (Å²) in [5.74, 6) is 0.556. The minimum atomic E-state index is -0.526. The average molecular weight is 373 g/mol. The lowest BCUT2D eigenvalue weighted by molar-refractivity contribution is -0.132. The van der Waals surface area contributed by atoms with Gasteiger partial charge in [0.05, 0.1) is 5.69 Å². The predicted molar refractivity (Wildman–Crippen MR) is 102 cm³/mol. The first kappa shape index (κ1) is 19.2. The molecule has 1 aromatic carbocycles. The summed E-state index contributed by atoms with van der Waals surface area (Å²) in [6.45, 7) is 5.96. The Balaban J connectivity index is 1.66. The van der Waals surface area contributed by atoms with Crippen LogP contribution in [0.5, 0.6) is 5.75 Å². The van der Waals surface area contributed by atoms with Gasteiger partial charge in [-0.15, -0.1) is 0 Å². The Morgan fingerprint density at radius 1 is 1.15 bits per heavy atom. The minimum absolute atomic E-state index is 0.0853. The zero-order chi connectivity index (χ0) is 19.6. The molecule has 1 aromatic rings. The van der Waals surface area contributed by atoms with Crippen LogP contribution in [-0.4, -0.2) is 66.9 Å². The molecule has 0 bridgehead atoms. The molecule has 1 fully saturated rings. The van der Waals surface area contributed by atoms with Gasteiger partial charge in [0.15, 0.2) is 6.10 Å². The molecule has 2 heterocycles. The van der Waals surface area contributed by atoms with E-state index >= 15 is 0 Å². The summed E-state index contributed by atoms with van der Waals surface area (Å²) in [6.07, 6.45) is 1.96. The lowest BCUT2D eigenvalue weighted by Crippen LogP contribution is -2.50. The van der Waals surface area contributed by atoms with E-state index in [0.29, 0.717) is 49.6 Å². The minimum Gasteiger partial charge on any atom is -0.479 e. The second-order valence-corrected chi connectivity index (χ2v) is 7.12. The standard InChI is InChI=1S/C20H27N3O4/c1-4-5-6-18(24)22-9-11-23(12-10-22)20(26)15-7-8-17-16(13-15)21(3)19(25)14(2)27-17/h7-8,13-14H,4-6,9-12H2,1-3H3. The van der Waals surface area contributed by atoms with Crippen molar-refractivity contribution in [2.45, 2.75) is 39.2 Å². The van der Waals surface area contributed by atoms with E-state index in [4.69, 9.17) is 4.74 Å². The van der Waals surface area contributed by atoms with Gasteiger partial charge in [-0.05, 0) is 31.5 Å². The number of hydrogen-bond acceptors (Lipinski definition) is 4. The van der Waals surface area contributed by atoms with Gasteiger partial charge in [0, 0.05) is 45.2 Å². The maximum atomic E-state index is 12.9. The highest BCUT2D eigenvalue weighted by atomic mass is 16.5. The van der Waals surface area contributed by atoms with E-state index in [-0.39, 0.29) is 17.7 Å². The van der Waals surface area contributed by atoms with Gasteiger partial charge in [0.2, 0.25) is 5.91 Å². The third-order valence-electron chi connectivity index (χ3n) is 5.21. The fourth-order valence-electron chi connectivity index (χ4n) is 3.47. The molecule has 7 heteroatoms. The van der Waals surface area contributed by atoms with Crippen LogP contribution >= 0.6 is 0 Å². The van der Waals surface area contributed by atoms with Gasteiger partial charge in [-0.1, -0.05) is 13.3 Å². The van der Waals surface area contributed by atoms with E-state index in [0.717, 1.165) is 12.8 Å². The normalized spacial score (nSPS) is 19.6. The predicted octanol–water partition coefficient (Wildman–Crippen LogP) is 1.90. The zero-order valence-corrected chi connectivity index (χ0v) is 16.2. The Labute approximate surface area is 159 Å². The van der Waals surface area contributed by atoms with E-state index in [2.05, 4.69) is 6.92 Å². The average Bonchev–Trinajstić information content (AvgIpc) is 2.69. The van der Waals surface area contributed by atoms with Crippen molar-refractivity contribution < 1.29 is 19.1 Å². The molecule has 0 aliphatic carbocycles. The molecular formula is C20H27N3O4.